The van der Waals surface area contributed by atoms with Crippen LogP contribution >= 0.6 is 15.9 Å². The molecule has 0 heterocycles. The van der Waals surface area contributed by atoms with Crippen molar-refractivity contribution in [1.82, 2.24) is 5.32 Å². The lowest BCUT2D eigenvalue weighted by atomic mass is 10.1. The van der Waals surface area contributed by atoms with Crippen molar-refractivity contribution < 1.29 is 9.53 Å². The highest BCUT2D eigenvalue weighted by molar-refractivity contribution is 9.10. The van der Waals surface area contributed by atoms with E-state index in [0.29, 0.717) is 0 Å². The molecule has 2 N–H and O–H groups in total. The van der Waals surface area contributed by atoms with E-state index in [1.54, 1.807) is 7.11 Å². The average molecular weight is 377 g/mol. The van der Waals surface area contributed by atoms with Gasteiger partial charge in [0.25, 0.3) is 0 Å². The first-order chi connectivity index (χ1) is 11.0. The van der Waals surface area contributed by atoms with E-state index in [1.165, 1.54) is 0 Å². The summed E-state index contributed by atoms with van der Waals surface area (Å²) in [5, 5.41) is 6.11. The highest BCUT2D eigenvalue weighted by atomic mass is 79.9. The van der Waals surface area contributed by atoms with Gasteiger partial charge in [-0.1, -0.05) is 34.1 Å². The van der Waals surface area contributed by atoms with Crippen molar-refractivity contribution in [3.05, 3.63) is 58.1 Å². The highest BCUT2D eigenvalue weighted by Gasteiger charge is 2.10. The normalized spacial score (nSPS) is 11.7. The fourth-order valence-electron chi connectivity index (χ4n) is 2.26. The van der Waals surface area contributed by atoms with Crippen LogP contribution in [0, 0.1) is 6.92 Å². The summed E-state index contributed by atoms with van der Waals surface area (Å²) in [6.45, 7) is 4.16. The number of methoxy groups -OCH3 is 1. The zero-order chi connectivity index (χ0) is 16.8. The molecular formula is C18H21BrN2O2. The number of amides is 1. The molecule has 0 bridgehead atoms. The second-order valence-corrected chi connectivity index (χ2v) is 6.31. The first kappa shape index (κ1) is 17.3. The molecule has 1 atom stereocenters. The minimum atomic E-state index is -0.0658. The van der Waals surface area contributed by atoms with Crippen molar-refractivity contribution >= 4 is 27.5 Å². The van der Waals surface area contributed by atoms with Crippen LogP contribution in [0.15, 0.2) is 46.9 Å². The van der Waals surface area contributed by atoms with Gasteiger partial charge in [-0.15, -0.1) is 0 Å². The lowest BCUT2D eigenvalue weighted by Crippen LogP contribution is -2.32. The predicted octanol–water partition coefficient (Wildman–Crippen LogP) is 4.06. The summed E-state index contributed by atoms with van der Waals surface area (Å²) >= 11 is 3.41. The first-order valence-corrected chi connectivity index (χ1v) is 8.22. The Bertz CT molecular complexity index is 671. The van der Waals surface area contributed by atoms with E-state index >= 15 is 0 Å². The molecule has 122 valence electrons. The van der Waals surface area contributed by atoms with Gasteiger partial charge in [-0.2, -0.15) is 0 Å². The van der Waals surface area contributed by atoms with Crippen LogP contribution in [0.4, 0.5) is 5.69 Å². The number of anilines is 1. The Kier molecular flexibility index (Phi) is 6.04. The molecule has 4 nitrogen and oxygen atoms in total. The van der Waals surface area contributed by atoms with Crippen LogP contribution < -0.4 is 15.4 Å². The molecule has 0 aromatic heterocycles. The zero-order valence-corrected chi connectivity index (χ0v) is 15.1. The maximum Gasteiger partial charge on any atom is 0.239 e. The lowest BCUT2D eigenvalue weighted by molar-refractivity contribution is -0.120. The summed E-state index contributed by atoms with van der Waals surface area (Å²) in [6, 6.07) is 13.7. The van der Waals surface area contributed by atoms with Crippen LogP contribution in [0.1, 0.15) is 24.1 Å². The summed E-state index contributed by atoms with van der Waals surface area (Å²) in [7, 11) is 1.62. The Morgan fingerprint density at radius 2 is 1.91 bits per heavy atom. The Hall–Kier alpha value is -2.01. The molecule has 0 fully saturated rings. The Morgan fingerprint density at radius 3 is 2.57 bits per heavy atom. The zero-order valence-electron chi connectivity index (χ0n) is 13.5. The minimum absolute atomic E-state index is 0.0446. The Balaban J connectivity index is 1.92. The number of halogens is 1. The SMILES string of the molecule is COc1ccc(C)cc1NCC(=O)N[C@H](C)c1ccc(Br)cc1. The number of aryl methyl sites for hydroxylation is 1. The van der Waals surface area contributed by atoms with Crippen LogP contribution in [0.2, 0.25) is 0 Å². The van der Waals surface area contributed by atoms with Crippen LogP contribution in [0.5, 0.6) is 5.75 Å². The van der Waals surface area contributed by atoms with Crippen molar-refractivity contribution in [3.8, 4) is 5.75 Å². The minimum Gasteiger partial charge on any atom is -0.495 e. The number of carbonyl (C=O) groups excluding carboxylic acids is 1. The molecule has 0 spiro atoms. The maximum absolute atomic E-state index is 12.1. The third-order valence-electron chi connectivity index (χ3n) is 3.54. The monoisotopic (exact) mass is 376 g/mol. The summed E-state index contributed by atoms with van der Waals surface area (Å²) in [6.07, 6.45) is 0. The van der Waals surface area contributed by atoms with E-state index in [9.17, 15) is 4.79 Å². The van der Waals surface area contributed by atoms with E-state index in [1.807, 2.05) is 56.3 Å². The third kappa shape index (κ3) is 4.99. The Labute approximate surface area is 145 Å². The standard InChI is InChI=1S/C18H21BrN2O2/c1-12-4-9-17(23-3)16(10-12)20-11-18(22)21-13(2)14-5-7-15(19)8-6-14/h4-10,13,20H,11H2,1-3H3,(H,21,22)/t13-/m1/s1. The number of nitrogens with one attached hydrogen (secondary N) is 2. The van der Waals surface area contributed by atoms with Crippen LogP contribution in [-0.2, 0) is 4.79 Å². The fourth-order valence-corrected chi connectivity index (χ4v) is 2.53. The van der Waals surface area contributed by atoms with Crippen LogP contribution in [-0.4, -0.2) is 19.6 Å². The highest BCUT2D eigenvalue weighted by Crippen LogP contribution is 2.24. The van der Waals surface area contributed by atoms with Crippen molar-refractivity contribution in [3.63, 3.8) is 0 Å². The van der Waals surface area contributed by atoms with Crippen molar-refractivity contribution in [1.29, 1.82) is 0 Å². The second-order valence-electron chi connectivity index (χ2n) is 5.40. The number of rotatable bonds is 6. The van der Waals surface area contributed by atoms with Crippen molar-refractivity contribution in [2.75, 3.05) is 19.0 Å². The van der Waals surface area contributed by atoms with Gasteiger partial charge < -0.3 is 15.4 Å². The van der Waals surface area contributed by atoms with E-state index in [-0.39, 0.29) is 18.5 Å². The van der Waals surface area contributed by atoms with E-state index in [0.717, 1.165) is 27.0 Å². The molecule has 0 saturated carbocycles. The maximum atomic E-state index is 12.1. The predicted molar refractivity (Wildman–Crippen MR) is 96.9 cm³/mol. The quantitative estimate of drug-likeness (QED) is 0.799. The van der Waals surface area contributed by atoms with Crippen molar-refractivity contribution in [2.45, 2.75) is 19.9 Å². The van der Waals surface area contributed by atoms with Gasteiger partial charge in [-0.3, -0.25) is 4.79 Å². The van der Waals surface area contributed by atoms with Crippen molar-refractivity contribution in [2.24, 2.45) is 0 Å². The van der Waals surface area contributed by atoms with E-state index < -0.39 is 0 Å². The molecule has 2 aromatic rings. The summed E-state index contributed by atoms with van der Waals surface area (Å²) in [4.78, 5) is 12.1. The molecule has 2 aromatic carbocycles. The van der Waals surface area contributed by atoms with Gasteiger partial charge in [-0.05, 0) is 49.2 Å². The molecule has 0 aliphatic rings. The summed E-state index contributed by atoms with van der Waals surface area (Å²) < 4.78 is 6.32. The van der Waals surface area contributed by atoms with Gasteiger partial charge in [-0.25, -0.2) is 0 Å². The summed E-state index contributed by atoms with van der Waals surface area (Å²) in [5.41, 5.74) is 2.99. The number of hydrogen-bond donors (Lipinski definition) is 2. The molecular weight excluding hydrogens is 356 g/mol. The summed E-state index contributed by atoms with van der Waals surface area (Å²) in [5.74, 6) is 0.660. The average Bonchev–Trinajstić information content (AvgIpc) is 2.53. The Morgan fingerprint density at radius 1 is 1.22 bits per heavy atom. The molecule has 0 saturated heterocycles. The molecule has 23 heavy (non-hydrogen) atoms. The lowest BCUT2D eigenvalue weighted by Gasteiger charge is -2.16. The second kappa shape index (κ2) is 8.02. The van der Waals surface area contributed by atoms with Gasteiger partial charge in [0.05, 0.1) is 25.4 Å². The molecule has 0 aliphatic carbocycles. The molecule has 0 aliphatic heterocycles. The van der Waals surface area contributed by atoms with Crippen LogP contribution in [0.3, 0.4) is 0 Å². The van der Waals surface area contributed by atoms with Crippen LogP contribution in [0.25, 0.3) is 0 Å². The molecule has 2 rings (SSSR count). The van der Waals surface area contributed by atoms with Gasteiger partial charge in [0.2, 0.25) is 5.91 Å². The van der Waals surface area contributed by atoms with Gasteiger partial charge in [0.1, 0.15) is 5.75 Å². The number of hydrogen-bond acceptors (Lipinski definition) is 3. The molecule has 0 unspecified atom stereocenters. The third-order valence-corrected chi connectivity index (χ3v) is 4.07. The topological polar surface area (TPSA) is 50.4 Å². The largest absolute Gasteiger partial charge is 0.495 e. The van der Waals surface area contributed by atoms with Gasteiger partial charge >= 0.3 is 0 Å². The smallest absolute Gasteiger partial charge is 0.239 e. The number of benzene rings is 2. The molecule has 1 amide bonds. The van der Waals surface area contributed by atoms with Gasteiger partial charge in [0, 0.05) is 4.47 Å². The molecule has 5 heteroatoms. The van der Waals surface area contributed by atoms with E-state index in [2.05, 4.69) is 26.6 Å². The molecule has 0 radical (unpaired) electrons. The van der Waals surface area contributed by atoms with Gasteiger partial charge in [0.15, 0.2) is 0 Å². The van der Waals surface area contributed by atoms with E-state index in [4.69, 9.17) is 4.74 Å². The fraction of sp³-hybridized carbons (Fsp3) is 0.278. The first-order valence-electron chi connectivity index (χ1n) is 7.43. The number of ether oxygens (including phenoxy) is 1. The number of carbonyl (C=O) groups is 1.